The number of hydrogen-bond acceptors (Lipinski definition) is 6. The zero-order valence-electron chi connectivity index (χ0n) is 16.1. The van der Waals surface area contributed by atoms with E-state index >= 15 is 0 Å². The fourth-order valence-corrected chi connectivity index (χ4v) is 6.31. The average Bonchev–Trinajstić information content (AvgIpc) is 3.27. The average molecular weight is 401 g/mol. The van der Waals surface area contributed by atoms with E-state index in [0.717, 1.165) is 5.56 Å². The molecule has 0 aliphatic heterocycles. The smallest absolute Gasteiger partial charge is 0.326 e. The van der Waals surface area contributed by atoms with Gasteiger partial charge in [-0.25, -0.2) is 0 Å². The zero-order valence-corrected chi connectivity index (χ0v) is 17.0. The molecule has 3 rings (SSSR count). The molecular weight excluding hydrogens is 378 g/mol. The monoisotopic (exact) mass is 401 g/mol. The summed E-state index contributed by atoms with van der Waals surface area (Å²) in [6.45, 7) is 5.24. The second-order valence-electron chi connectivity index (χ2n) is 7.01. The number of ether oxygens (including phenoxy) is 2. The van der Waals surface area contributed by atoms with Crippen molar-refractivity contribution in [3.05, 3.63) is 42.0 Å². The number of nitrogens with zero attached hydrogens (tertiary/aromatic N) is 1. The molecule has 0 N–H and O–H groups in total. The van der Waals surface area contributed by atoms with Gasteiger partial charge in [0, 0.05) is 16.7 Å². The Morgan fingerprint density at radius 3 is 2.14 bits per heavy atom. The van der Waals surface area contributed by atoms with E-state index in [9.17, 15) is 19.1 Å². The SMILES string of the molecule is CCOC(=O)C1(C(=O)OCC)[C@@H]2C=C[C@@H](C2)[C@]1(C#N)[S@@](=O)c1ccc(C)cc1. The van der Waals surface area contributed by atoms with Crippen molar-refractivity contribution in [2.45, 2.75) is 36.8 Å². The van der Waals surface area contributed by atoms with E-state index in [1.54, 1.807) is 50.3 Å². The highest BCUT2D eigenvalue weighted by Gasteiger charge is 2.78. The Labute approximate surface area is 167 Å². The summed E-state index contributed by atoms with van der Waals surface area (Å²) in [7, 11) is -1.96. The number of allylic oxidation sites excluding steroid dienone is 2. The Kier molecular flexibility index (Phi) is 5.44. The molecule has 0 saturated heterocycles. The lowest BCUT2D eigenvalue weighted by Gasteiger charge is -2.42. The van der Waals surface area contributed by atoms with Gasteiger partial charge in [0.15, 0.2) is 4.75 Å². The minimum atomic E-state index is -1.96. The molecule has 7 heteroatoms. The molecule has 6 nitrogen and oxygen atoms in total. The van der Waals surface area contributed by atoms with Crippen molar-refractivity contribution in [3.63, 3.8) is 0 Å². The topological polar surface area (TPSA) is 93.5 Å². The number of rotatable bonds is 6. The second-order valence-corrected chi connectivity index (χ2v) is 8.66. The summed E-state index contributed by atoms with van der Waals surface area (Å²) in [5, 5.41) is 10.3. The van der Waals surface area contributed by atoms with E-state index in [0.29, 0.717) is 11.3 Å². The fourth-order valence-electron chi connectivity index (χ4n) is 4.41. The summed E-state index contributed by atoms with van der Waals surface area (Å²) in [6.07, 6.45) is 3.92. The molecule has 2 aliphatic carbocycles. The molecule has 28 heavy (non-hydrogen) atoms. The Balaban J connectivity index is 2.26. The van der Waals surface area contributed by atoms with E-state index in [1.807, 2.05) is 6.92 Å². The van der Waals surface area contributed by atoms with Gasteiger partial charge in [-0.05, 0) is 39.3 Å². The van der Waals surface area contributed by atoms with Crippen LogP contribution in [0.4, 0.5) is 0 Å². The number of esters is 2. The number of benzene rings is 1. The predicted molar refractivity (Wildman–Crippen MR) is 102 cm³/mol. The molecule has 0 radical (unpaired) electrons. The van der Waals surface area contributed by atoms with Gasteiger partial charge in [-0.1, -0.05) is 29.8 Å². The standard InChI is InChI=1S/C21H23NO5S/c1-4-26-18(23)21(19(24)27-5-2)16-9-8-15(12-16)20(21,13-22)28(25)17-10-6-14(3)7-11-17/h6-11,15-16H,4-5,12H2,1-3H3/t15-,16+,20-,28-/m0/s1. The van der Waals surface area contributed by atoms with E-state index < -0.39 is 44.7 Å². The Morgan fingerprint density at radius 2 is 1.64 bits per heavy atom. The van der Waals surface area contributed by atoms with E-state index in [1.165, 1.54) is 0 Å². The Morgan fingerprint density at radius 1 is 1.11 bits per heavy atom. The van der Waals surface area contributed by atoms with Gasteiger partial charge >= 0.3 is 11.9 Å². The number of aryl methyl sites for hydroxylation is 1. The molecule has 148 valence electrons. The first kappa shape index (κ1) is 20.3. The highest BCUT2D eigenvalue weighted by molar-refractivity contribution is 7.87. The first-order chi connectivity index (χ1) is 13.4. The maximum atomic E-state index is 13.8. The highest BCUT2D eigenvalue weighted by Crippen LogP contribution is 2.63. The first-order valence-electron chi connectivity index (χ1n) is 9.32. The van der Waals surface area contributed by atoms with Crippen molar-refractivity contribution in [1.82, 2.24) is 0 Å². The Bertz CT molecular complexity index is 867. The minimum Gasteiger partial charge on any atom is -0.465 e. The summed E-state index contributed by atoms with van der Waals surface area (Å²) in [4.78, 5) is 26.8. The summed E-state index contributed by atoms with van der Waals surface area (Å²) in [5.74, 6) is -2.79. The molecule has 0 spiro atoms. The van der Waals surface area contributed by atoms with Crippen LogP contribution in [0.15, 0.2) is 41.3 Å². The van der Waals surface area contributed by atoms with Crippen LogP contribution in [0.5, 0.6) is 0 Å². The van der Waals surface area contributed by atoms with Crippen molar-refractivity contribution in [2.75, 3.05) is 13.2 Å². The van der Waals surface area contributed by atoms with Gasteiger partial charge in [0.05, 0.1) is 30.1 Å². The second kappa shape index (κ2) is 7.51. The van der Waals surface area contributed by atoms with Crippen molar-refractivity contribution in [3.8, 4) is 6.07 Å². The molecular formula is C21H23NO5S. The summed E-state index contributed by atoms with van der Waals surface area (Å²) in [5.41, 5.74) is -0.982. The van der Waals surface area contributed by atoms with E-state index in [2.05, 4.69) is 6.07 Å². The maximum Gasteiger partial charge on any atom is 0.326 e. The Hall–Kier alpha value is -2.46. The molecule has 1 saturated carbocycles. The van der Waals surface area contributed by atoms with Crippen LogP contribution in [0, 0.1) is 35.5 Å². The predicted octanol–water partition coefficient (Wildman–Crippen LogP) is 2.68. The third-order valence-electron chi connectivity index (χ3n) is 5.64. The molecule has 0 heterocycles. The molecule has 1 aromatic rings. The lowest BCUT2D eigenvalue weighted by molar-refractivity contribution is -0.175. The maximum absolute atomic E-state index is 13.8. The van der Waals surface area contributed by atoms with Gasteiger partial charge in [-0.3, -0.25) is 13.8 Å². The van der Waals surface area contributed by atoms with Crippen molar-refractivity contribution >= 4 is 22.7 Å². The number of carbonyl (C=O) groups excluding carboxylic acids is 2. The van der Waals surface area contributed by atoms with E-state index in [-0.39, 0.29) is 13.2 Å². The lowest BCUT2D eigenvalue weighted by Crippen LogP contribution is -2.62. The fraction of sp³-hybridized carbons (Fsp3) is 0.476. The largest absolute Gasteiger partial charge is 0.465 e. The van der Waals surface area contributed by atoms with Crippen LogP contribution < -0.4 is 0 Å². The van der Waals surface area contributed by atoms with Gasteiger partial charge in [0.1, 0.15) is 0 Å². The number of nitriles is 1. The van der Waals surface area contributed by atoms with Crippen LogP contribution in [0.1, 0.15) is 25.8 Å². The summed E-state index contributed by atoms with van der Waals surface area (Å²) < 4.78 is 22.5. The molecule has 0 unspecified atom stereocenters. The minimum absolute atomic E-state index is 0.0414. The molecule has 2 aliphatic rings. The third-order valence-corrected chi connectivity index (χ3v) is 7.64. The van der Waals surface area contributed by atoms with Gasteiger partial charge in [0.25, 0.3) is 0 Å². The number of fused-ring (bicyclic) bond motifs is 2. The van der Waals surface area contributed by atoms with Crippen molar-refractivity contribution < 1.29 is 23.3 Å². The normalized spacial score (nSPS) is 27.8. The van der Waals surface area contributed by atoms with Gasteiger partial charge in [-0.2, -0.15) is 5.26 Å². The van der Waals surface area contributed by atoms with Crippen LogP contribution in [-0.2, 0) is 29.9 Å². The van der Waals surface area contributed by atoms with Crippen LogP contribution in [0.3, 0.4) is 0 Å². The van der Waals surface area contributed by atoms with Crippen LogP contribution in [-0.4, -0.2) is 34.1 Å². The number of carbonyl (C=O) groups is 2. The lowest BCUT2D eigenvalue weighted by atomic mass is 9.68. The molecule has 2 bridgehead atoms. The van der Waals surface area contributed by atoms with Gasteiger partial charge in [0.2, 0.25) is 5.41 Å². The van der Waals surface area contributed by atoms with Crippen molar-refractivity contribution in [1.29, 1.82) is 5.26 Å². The van der Waals surface area contributed by atoms with Crippen LogP contribution in [0.25, 0.3) is 0 Å². The van der Waals surface area contributed by atoms with Crippen molar-refractivity contribution in [2.24, 2.45) is 17.3 Å². The third kappa shape index (κ3) is 2.55. The molecule has 1 fully saturated rings. The van der Waals surface area contributed by atoms with E-state index in [4.69, 9.17) is 9.47 Å². The molecule has 0 aromatic heterocycles. The number of hydrogen-bond donors (Lipinski definition) is 0. The van der Waals surface area contributed by atoms with Gasteiger partial charge in [-0.15, -0.1) is 0 Å². The first-order valence-corrected chi connectivity index (χ1v) is 10.5. The molecule has 4 atom stereocenters. The highest BCUT2D eigenvalue weighted by atomic mass is 32.2. The quantitative estimate of drug-likeness (QED) is 0.413. The summed E-state index contributed by atoms with van der Waals surface area (Å²) in [6, 6.07) is 9.05. The zero-order chi connectivity index (χ0) is 20.5. The summed E-state index contributed by atoms with van der Waals surface area (Å²) >= 11 is 0. The van der Waals surface area contributed by atoms with Crippen LogP contribution >= 0.6 is 0 Å². The molecule has 0 amide bonds. The molecule has 1 aromatic carbocycles. The van der Waals surface area contributed by atoms with Crippen LogP contribution in [0.2, 0.25) is 0 Å². The van der Waals surface area contributed by atoms with Gasteiger partial charge < -0.3 is 9.47 Å².